The maximum atomic E-state index is 4.85. The number of thiophene rings is 1. The van der Waals surface area contributed by atoms with Crippen LogP contribution in [0.1, 0.15) is 101 Å². The Morgan fingerprint density at radius 1 is 0.694 bits per heavy atom. The van der Waals surface area contributed by atoms with E-state index in [0.717, 1.165) is 11.4 Å². The molecule has 5 rings (SSSR count). The monoisotopic (exact) mass is 494 g/mol. The molecule has 0 aliphatic heterocycles. The number of benzene rings is 3. The average Bonchev–Trinajstić information content (AvgIpc) is 3.47. The number of rotatable bonds is 6. The van der Waals surface area contributed by atoms with Gasteiger partial charge in [-0.3, -0.25) is 4.57 Å². The third-order valence-electron chi connectivity index (χ3n) is 7.37. The van der Waals surface area contributed by atoms with E-state index in [9.17, 15) is 0 Å². The molecule has 0 radical (unpaired) electrons. The molecule has 3 aromatic carbocycles. The second-order valence-electron chi connectivity index (χ2n) is 11.3. The quantitative estimate of drug-likeness (QED) is 0.229. The molecule has 5 aromatic rings. The Bertz CT molecular complexity index is 1530. The van der Waals surface area contributed by atoms with E-state index in [1.54, 1.807) is 0 Å². The molecule has 0 saturated heterocycles. The number of nitrogens with zero attached hydrogens (tertiary/aromatic N) is 2. The van der Waals surface area contributed by atoms with Gasteiger partial charge in [-0.05, 0) is 52.0 Å². The summed E-state index contributed by atoms with van der Waals surface area (Å²) in [4.78, 5) is 4.85. The van der Waals surface area contributed by atoms with Crippen LogP contribution in [0, 0.1) is 0 Å². The zero-order valence-electron chi connectivity index (χ0n) is 22.9. The molecule has 3 heteroatoms. The summed E-state index contributed by atoms with van der Waals surface area (Å²) < 4.78 is 5.21. The van der Waals surface area contributed by atoms with Crippen LogP contribution in [0.25, 0.3) is 37.2 Å². The minimum atomic E-state index is 0.390. The normalized spacial score (nSPS) is 12.3. The van der Waals surface area contributed by atoms with Gasteiger partial charge < -0.3 is 0 Å². The lowest BCUT2D eigenvalue weighted by Gasteiger charge is -2.21. The van der Waals surface area contributed by atoms with Crippen molar-refractivity contribution in [2.75, 3.05) is 0 Å². The van der Waals surface area contributed by atoms with Crippen molar-refractivity contribution < 1.29 is 0 Å². The first-order valence-corrected chi connectivity index (χ1v) is 14.2. The van der Waals surface area contributed by atoms with Crippen molar-refractivity contribution >= 4 is 31.5 Å². The van der Waals surface area contributed by atoms with Crippen LogP contribution >= 0.6 is 11.3 Å². The Morgan fingerprint density at radius 2 is 1.33 bits per heavy atom. The number of hydrogen-bond acceptors (Lipinski definition) is 2. The molecule has 2 heterocycles. The SMILES string of the molecule is CC(C)c1cc(C(C)C)c2sc3c(C(C)C)cc(C(C)C)c(-n4ccnc4-c4ccccc4)c3c2c1. The van der Waals surface area contributed by atoms with Gasteiger partial charge in [0.2, 0.25) is 0 Å². The largest absolute Gasteiger partial charge is 0.299 e. The van der Waals surface area contributed by atoms with Crippen molar-refractivity contribution in [2.45, 2.75) is 79.1 Å². The third-order valence-corrected chi connectivity index (χ3v) is 8.67. The van der Waals surface area contributed by atoms with E-state index in [2.05, 4.69) is 115 Å². The zero-order chi connectivity index (χ0) is 25.7. The van der Waals surface area contributed by atoms with Gasteiger partial charge in [-0.15, -0.1) is 11.3 Å². The van der Waals surface area contributed by atoms with Crippen LogP contribution in [0.15, 0.2) is 60.9 Å². The molecule has 36 heavy (non-hydrogen) atoms. The molecule has 2 aromatic heterocycles. The summed E-state index contributed by atoms with van der Waals surface area (Å²) in [7, 11) is 0. The Morgan fingerprint density at radius 3 is 1.94 bits per heavy atom. The standard InChI is InChI=1S/C33H38N2S/c1-19(2)24-16-26(21(5)6)31-28(17-24)29-30(25(20(3)4)18-27(22(7)8)32(29)36-31)35-15-14-34-33(35)23-12-10-9-11-13-23/h9-22H,1-8H3. The molecular formula is C33H38N2S. The molecule has 0 saturated carbocycles. The lowest BCUT2D eigenvalue weighted by atomic mass is 9.88. The van der Waals surface area contributed by atoms with Crippen LogP contribution in [-0.4, -0.2) is 9.55 Å². The van der Waals surface area contributed by atoms with Crippen LogP contribution in [0.3, 0.4) is 0 Å². The van der Waals surface area contributed by atoms with Crippen LogP contribution in [0.5, 0.6) is 0 Å². The van der Waals surface area contributed by atoms with Crippen LogP contribution in [0.4, 0.5) is 0 Å². The molecule has 0 atom stereocenters. The molecule has 0 fully saturated rings. The molecule has 186 valence electrons. The van der Waals surface area contributed by atoms with E-state index in [4.69, 9.17) is 4.98 Å². The summed E-state index contributed by atoms with van der Waals surface area (Å²) in [5.41, 5.74) is 8.18. The van der Waals surface area contributed by atoms with Crippen molar-refractivity contribution in [2.24, 2.45) is 0 Å². The molecule has 0 spiro atoms. The average molecular weight is 495 g/mol. The summed E-state index contributed by atoms with van der Waals surface area (Å²) in [5, 5.41) is 2.79. The number of aromatic nitrogens is 2. The van der Waals surface area contributed by atoms with E-state index in [-0.39, 0.29) is 0 Å². The lowest BCUT2D eigenvalue weighted by Crippen LogP contribution is -2.05. The first kappa shape index (κ1) is 24.8. The van der Waals surface area contributed by atoms with Gasteiger partial charge in [-0.25, -0.2) is 4.98 Å². The van der Waals surface area contributed by atoms with Gasteiger partial charge in [0.1, 0.15) is 5.82 Å². The molecule has 2 nitrogen and oxygen atoms in total. The van der Waals surface area contributed by atoms with Gasteiger partial charge >= 0.3 is 0 Å². The smallest absolute Gasteiger partial charge is 0.144 e. The highest BCUT2D eigenvalue weighted by Crippen LogP contribution is 2.48. The summed E-state index contributed by atoms with van der Waals surface area (Å²) in [6, 6.07) is 18.0. The maximum Gasteiger partial charge on any atom is 0.144 e. The van der Waals surface area contributed by atoms with Crippen LogP contribution in [0.2, 0.25) is 0 Å². The predicted octanol–water partition coefficient (Wildman–Crippen LogP) is 10.4. The number of hydrogen-bond donors (Lipinski definition) is 0. The molecule has 0 aliphatic rings. The molecule has 0 unspecified atom stereocenters. The van der Waals surface area contributed by atoms with E-state index >= 15 is 0 Å². The van der Waals surface area contributed by atoms with Gasteiger partial charge in [0.05, 0.1) is 5.69 Å². The summed E-state index contributed by atoms with van der Waals surface area (Å²) in [5.74, 6) is 2.80. The van der Waals surface area contributed by atoms with Crippen molar-refractivity contribution in [1.29, 1.82) is 0 Å². The maximum absolute atomic E-state index is 4.85. The zero-order valence-corrected chi connectivity index (χ0v) is 23.7. The van der Waals surface area contributed by atoms with Crippen molar-refractivity contribution in [1.82, 2.24) is 9.55 Å². The highest BCUT2D eigenvalue weighted by molar-refractivity contribution is 7.26. The number of imidazole rings is 1. The highest BCUT2D eigenvalue weighted by Gasteiger charge is 2.25. The molecule has 0 amide bonds. The Hall–Kier alpha value is -2.91. The topological polar surface area (TPSA) is 17.8 Å². The van der Waals surface area contributed by atoms with Crippen molar-refractivity contribution in [3.63, 3.8) is 0 Å². The van der Waals surface area contributed by atoms with Crippen LogP contribution in [-0.2, 0) is 0 Å². The lowest BCUT2D eigenvalue weighted by molar-refractivity contribution is 0.831. The van der Waals surface area contributed by atoms with Gasteiger partial charge in [-0.2, -0.15) is 0 Å². The van der Waals surface area contributed by atoms with Gasteiger partial charge in [0.15, 0.2) is 0 Å². The van der Waals surface area contributed by atoms with Gasteiger partial charge in [-0.1, -0.05) is 97.9 Å². The van der Waals surface area contributed by atoms with Crippen molar-refractivity contribution in [3.8, 4) is 17.1 Å². The van der Waals surface area contributed by atoms with Gasteiger partial charge in [0.25, 0.3) is 0 Å². The van der Waals surface area contributed by atoms with E-state index in [0.29, 0.717) is 23.7 Å². The predicted molar refractivity (Wildman–Crippen MR) is 158 cm³/mol. The molecule has 0 aliphatic carbocycles. The fraction of sp³-hybridized carbons (Fsp3) is 0.364. The Balaban J connectivity index is 2.00. The second kappa shape index (κ2) is 9.52. The Kier molecular flexibility index (Phi) is 6.55. The summed E-state index contributed by atoms with van der Waals surface area (Å²) in [6.07, 6.45) is 4.10. The van der Waals surface area contributed by atoms with E-state index < -0.39 is 0 Å². The fourth-order valence-electron chi connectivity index (χ4n) is 5.31. The summed E-state index contributed by atoms with van der Waals surface area (Å²) >= 11 is 1.99. The first-order valence-electron chi connectivity index (χ1n) is 13.3. The minimum absolute atomic E-state index is 0.390. The minimum Gasteiger partial charge on any atom is -0.299 e. The Labute approximate surface area is 220 Å². The summed E-state index contributed by atoms with van der Waals surface area (Å²) in [6.45, 7) is 18.6. The van der Waals surface area contributed by atoms with Crippen molar-refractivity contribution in [3.05, 3.63) is 83.2 Å². The second-order valence-corrected chi connectivity index (χ2v) is 12.3. The van der Waals surface area contributed by atoms with Gasteiger partial charge in [0, 0.05) is 38.1 Å². The van der Waals surface area contributed by atoms with E-state index in [1.807, 2.05) is 17.5 Å². The molecule has 0 N–H and O–H groups in total. The molecular weight excluding hydrogens is 456 g/mol. The number of fused-ring (bicyclic) bond motifs is 3. The van der Waals surface area contributed by atoms with E-state index in [1.165, 1.54) is 48.1 Å². The fourth-order valence-corrected chi connectivity index (χ4v) is 6.92. The van der Waals surface area contributed by atoms with Crippen LogP contribution < -0.4 is 0 Å². The third kappa shape index (κ3) is 4.08. The molecule has 0 bridgehead atoms. The first-order chi connectivity index (χ1) is 17.2. The highest BCUT2D eigenvalue weighted by atomic mass is 32.1.